The highest BCUT2D eigenvalue weighted by molar-refractivity contribution is 5.90. The molecule has 0 saturated carbocycles. The van der Waals surface area contributed by atoms with Gasteiger partial charge >= 0.3 is 5.97 Å². The number of aliphatic hydroxyl groups excluding tert-OH is 2. The number of allylic oxidation sites excluding steroid dienone is 2. The van der Waals surface area contributed by atoms with Crippen LogP contribution in [0, 0.1) is 0 Å². The van der Waals surface area contributed by atoms with Crippen molar-refractivity contribution in [3.05, 3.63) is 23.8 Å². The molecule has 0 bridgehead atoms. The van der Waals surface area contributed by atoms with E-state index >= 15 is 0 Å². The van der Waals surface area contributed by atoms with Crippen LogP contribution in [0.1, 0.15) is 187 Å². The molecule has 1 rings (SSSR count). The van der Waals surface area contributed by atoms with Gasteiger partial charge in [-0.15, -0.1) is 0 Å². The van der Waals surface area contributed by atoms with E-state index in [2.05, 4.69) is 19.1 Å². The highest BCUT2D eigenvalue weighted by Crippen LogP contribution is 2.20. The van der Waals surface area contributed by atoms with E-state index in [9.17, 15) is 15.0 Å². The van der Waals surface area contributed by atoms with Crippen LogP contribution in [0.2, 0.25) is 0 Å². The summed E-state index contributed by atoms with van der Waals surface area (Å²) in [5.74, 6) is -0.112. The van der Waals surface area contributed by atoms with Gasteiger partial charge in [-0.25, -0.2) is 4.79 Å². The normalized spacial score (nSPS) is 16.8. The number of aliphatic hydroxyl groups is 2. The van der Waals surface area contributed by atoms with Crippen molar-refractivity contribution < 1.29 is 19.7 Å². The van der Waals surface area contributed by atoms with Gasteiger partial charge in [0, 0.05) is 5.57 Å². The van der Waals surface area contributed by atoms with Crippen molar-refractivity contribution in [3.63, 3.8) is 0 Å². The first kappa shape index (κ1) is 37.9. The molecule has 3 atom stereocenters. The van der Waals surface area contributed by atoms with Crippen LogP contribution in [-0.4, -0.2) is 34.5 Å². The maximum Gasteiger partial charge on any atom is 0.334 e. The fourth-order valence-electron chi connectivity index (χ4n) is 5.89. The van der Waals surface area contributed by atoms with Gasteiger partial charge in [0.25, 0.3) is 0 Å². The van der Waals surface area contributed by atoms with E-state index in [1.807, 2.05) is 13.0 Å². The van der Waals surface area contributed by atoms with Crippen molar-refractivity contribution in [3.8, 4) is 0 Å². The summed E-state index contributed by atoms with van der Waals surface area (Å²) in [4.78, 5) is 11.6. The monoisotopic (exact) mass is 577 g/mol. The van der Waals surface area contributed by atoms with Gasteiger partial charge in [-0.1, -0.05) is 147 Å². The number of cyclic esters (lactones) is 1. The lowest BCUT2D eigenvalue weighted by Gasteiger charge is -2.17. The summed E-state index contributed by atoms with van der Waals surface area (Å²) in [7, 11) is 0. The third kappa shape index (κ3) is 23.1. The Hall–Kier alpha value is -1.13. The zero-order valence-electron chi connectivity index (χ0n) is 27.3. The van der Waals surface area contributed by atoms with Gasteiger partial charge < -0.3 is 14.9 Å². The number of carbonyl (C=O) groups is 1. The van der Waals surface area contributed by atoms with Gasteiger partial charge in [-0.2, -0.15) is 0 Å². The summed E-state index contributed by atoms with van der Waals surface area (Å²) in [5.41, 5.74) is 0.876. The number of carbonyl (C=O) groups excluding carboxylic acids is 1. The van der Waals surface area contributed by atoms with Crippen molar-refractivity contribution in [2.45, 2.75) is 206 Å². The quantitative estimate of drug-likeness (QED) is 0.0507. The Balaban J connectivity index is 1.79. The summed E-state index contributed by atoms with van der Waals surface area (Å²) in [6, 6.07) is 0. The molecule has 1 aliphatic heterocycles. The average molecular weight is 577 g/mol. The lowest BCUT2D eigenvalue weighted by atomic mass is 10.0. The minimum atomic E-state index is -0.586. The van der Waals surface area contributed by atoms with Gasteiger partial charge in [0.2, 0.25) is 0 Å². The molecule has 1 heterocycles. The second kappa shape index (κ2) is 27.7. The minimum Gasteiger partial charge on any atom is -0.455 e. The highest BCUT2D eigenvalue weighted by atomic mass is 16.5. The Kier molecular flexibility index (Phi) is 25.6. The molecule has 0 aromatic heterocycles. The summed E-state index contributed by atoms with van der Waals surface area (Å²) in [5, 5.41) is 20.5. The van der Waals surface area contributed by atoms with E-state index in [0.717, 1.165) is 50.5 Å². The largest absolute Gasteiger partial charge is 0.455 e. The van der Waals surface area contributed by atoms with E-state index in [0.29, 0.717) is 6.42 Å². The van der Waals surface area contributed by atoms with Crippen LogP contribution < -0.4 is 0 Å². The van der Waals surface area contributed by atoms with E-state index in [-0.39, 0.29) is 12.1 Å². The molecule has 4 heteroatoms. The molecule has 0 aliphatic carbocycles. The number of esters is 1. The molecular weight excluding hydrogens is 508 g/mol. The highest BCUT2D eigenvalue weighted by Gasteiger charge is 2.21. The molecule has 0 radical (unpaired) electrons. The van der Waals surface area contributed by atoms with Crippen molar-refractivity contribution in [1.82, 2.24) is 0 Å². The van der Waals surface area contributed by atoms with Gasteiger partial charge in [-0.3, -0.25) is 0 Å². The Labute approximate surface area is 254 Å². The van der Waals surface area contributed by atoms with Crippen LogP contribution >= 0.6 is 0 Å². The number of rotatable bonds is 30. The maximum atomic E-state index is 11.6. The number of ether oxygens (including phenoxy) is 1. The standard InChI is InChI=1S/C37H68O4/c1-3-4-5-6-7-8-9-10-11-15-18-21-24-27-30-35(38)36(39)31-28-25-22-19-16-13-12-14-17-20-23-26-29-34-32-33(2)41-37(34)40/h21,24,32-33,35-36,38-39H,3-20,22-23,25-31H2,1-2H3/b24-21-/t33-,35+,36+/m0/s1. The summed E-state index contributed by atoms with van der Waals surface area (Å²) >= 11 is 0. The summed E-state index contributed by atoms with van der Waals surface area (Å²) in [6.07, 6.45) is 38.1. The van der Waals surface area contributed by atoms with Gasteiger partial charge in [0.1, 0.15) is 6.10 Å². The zero-order valence-corrected chi connectivity index (χ0v) is 27.3. The first-order valence-corrected chi connectivity index (χ1v) is 18.0. The topological polar surface area (TPSA) is 66.8 Å². The molecule has 0 fully saturated rings. The molecule has 2 N–H and O–H groups in total. The molecule has 0 amide bonds. The fourth-order valence-corrected chi connectivity index (χ4v) is 5.89. The second-order valence-corrected chi connectivity index (χ2v) is 12.7. The van der Waals surface area contributed by atoms with Crippen molar-refractivity contribution in [2.75, 3.05) is 0 Å². The number of unbranched alkanes of at least 4 members (excludes halogenated alkanes) is 21. The maximum absolute atomic E-state index is 11.6. The van der Waals surface area contributed by atoms with Crippen molar-refractivity contribution in [1.29, 1.82) is 0 Å². The van der Waals surface area contributed by atoms with Gasteiger partial charge in [0.15, 0.2) is 0 Å². The van der Waals surface area contributed by atoms with E-state index in [1.54, 1.807) is 0 Å². The minimum absolute atomic E-state index is 0.0385. The molecule has 0 aromatic carbocycles. The van der Waals surface area contributed by atoms with E-state index < -0.39 is 12.2 Å². The molecular formula is C37H68O4. The second-order valence-electron chi connectivity index (χ2n) is 12.7. The van der Waals surface area contributed by atoms with Crippen LogP contribution in [0.4, 0.5) is 0 Å². The first-order chi connectivity index (χ1) is 20.0. The molecule has 0 saturated heterocycles. The molecule has 0 unspecified atom stereocenters. The first-order valence-electron chi connectivity index (χ1n) is 18.0. The van der Waals surface area contributed by atoms with Crippen molar-refractivity contribution in [2.24, 2.45) is 0 Å². The smallest absolute Gasteiger partial charge is 0.334 e. The molecule has 0 spiro atoms. The molecule has 41 heavy (non-hydrogen) atoms. The lowest BCUT2D eigenvalue weighted by Crippen LogP contribution is -2.25. The Morgan fingerprint density at radius 1 is 0.634 bits per heavy atom. The predicted octanol–water partition coefficient (Wildman–Crippen LogP) is 10.7. The zero-order chi connectivity index (χ0) is 29.8. The van der Waals surface area contributed by atoms with Crippen LogP contribution in [0.3, 0.4) is 0 Å². The Morgan fingerprint density at radius 3 is 1.59 bits per heavy atom. The summed E-state index contributed by atoms with van der Waals surface area (Å²) in [6.45, 7) is 4.19. The van der Waals surface area contributed by atoms with Crippen LogP contribution in [0.25, 0.3) is 0 Å². The van der Waals surface area contributed by atoms with Crippen molar-refractivity contribution >= 4 is 5.97 Å². The number of hydrogen-bond donors (Lipinski definition) is 2. The van der Waals surface area contributed by atoms with Crippen LogP contribution in [0.5, 0.6) is 0 Å². The molecule has 0 aromatic rings. The SMILES string of the molecule is CCCCCCCCCCCC/C=C\CC[C@@H](O)[C@H](O)CCCCCCCCCCCCCCC1=C[C@H](C)OC1=O. The Morgan fingerprint density at radius 2 is 1.07 bits per heavy atom. The third-order valence-corrected chi connectivity index (χ3v) is 8.65. The van der Waals surface area contributed by atoms with Crippen LogP contribution in [0.15, 0.2) is 23.8 Å². The van der Waals surface area contributed by atoms with E-state index in [1.165, 1.54) is 122 Å². The predicted molar refractivity (Wildman–Crippen MR) is 175 cm³/mol. The Bertz CT molecular complexity index is 655. The van der Waals surface area contributed by atoms with Gasteiger partial charge in [0.05, 0.1) is 12.2 Å². The number of hydrogen-bond acceptors (Lipinski definition) is 4. The fraction of sp³-hybridized carbons (Fsp3) is 0.865. The average Bonchev–Trinajstić information content (AvgIpc) is 3.29. The summed E-state index contributed by atoms with van der Waals surface area (Å²) < 4.78 is 5.14. The third-order valence-electron chi connectivity index (χ3n) is 8.65. The molecule has 4 nitrogen and oxygen atoms in total. The van der Waals surface area contributed by atoms with Gasteiger partial charge in [-0.05, 0) is 57.9 Å². The molecule has 1 aliphatic rings. The lowest BCUT2D eigenvalue weighted by molar-refractivity contribution is -0.139. The van der Waals surface area contributed by atoms with Crippen LogP contribution in [-0.2, 0) is 9.53 Å². The molecule has 240 valence electrons. The van der Waals surface area contributed by atoms with E-state index in [4.69, 9.17) is 4.74 Å².